The second-order valence-corrected chi connectivity index (χ2v) is 10.0. The number of halogens is 4. The molecule has 2 aromatic carbocycles. The lowest BCUT2D eigenvalue weighted by Crippen LogP contribution is -2.44. The standard InChI is InChI=1S/C25H28ClF3N4O3/c1-23(2,36-5)15-32-21(16-9-11-19(26)12-10-16)31-33(22(32)35)14-20(34)30-24(3,4)17-7-6-8-18(13-17)25(27,28)29/h6-13H,14-15H2,1-5H3,(H,30,34). The lowest BCUT2D eigenvalue weighted by atomic mass is 9.92. The van der Waals surface area contributed by atoms with E-state index >= 15 is 0 Å². The molecule has 0 atom stereocenters. The molecule has 0 saturated carbocycles. The van der Waals surface area contributed by atoms with Gasteiger partial charge in [0, 0.05) is 17.7 Å². The van der Waals surface area contributed by atoms with E-state index < -0.39 is 41.0 Å². The Kier molecular flexibility index (Phi) is 7.71. The highest BCUT2D eigenvalue weighted by Crippen LogP contribution is 2.32. The van der Waals surface area contributed by atoms with Crippen molar-refractivity contribution in [2.75, 3.05) is 7.11 Å². The van der Waals surface area contributed by atoms with Crippen molar-refractivity contribution < 1.29 is 22.7 Å². The first-order valence-electron chi connectivity index (χ1n) is 11.1. The van der Waals surface area contributed by atoms with Crippen LogP contribution < -0.4 is 11.0 Å². The van der Waals surface area contributed by atoms with Crippen molar-refractivity contribution in [1.29, 1.82) is 0 Å². The van der Waals surface area contributed by atoms with Gasteiger partial charge in [-0.05, 0) is 69.7 Å². The highest BCUT2D eigenvalue weighted by Gasteiger charge is 2.33. The highest BCUT2D eigenvalue weighted by atomic mass is 35.5. The molecule has 0 aliphatic carbocycles. The quantitative estimate of drug-likeness (QED) is 0.456. The van der Waals surface area contributed by atoms with Crippen molar-refractivity contribution in [3.05, 3.63) is 75.2 Å². The Bertz CT molecular complexity index is 1300. The fourth-order valence-electron chi connectivity index (χ4n) is 3.62. The lowest BCUT2D eigenvalue weighted by molar-refractivity contribution is -0.137. The zero-order chi connectivity index (χ0) is 26.9. The number of methoxy groups -OCH3 is 1. The Balaban J connectivity index is 1.91. The minimum atomic E-state index is -4.51. The van der Waals surface area contributed by atoms with E-state index in [1.807, 2.05) is 13.8 Å². The second kappa shape index (κ2) is 10.1. The monoisotopic (exact) mass is 524 g/mol. The number of ether oxygens (including phenoxy) is 1. The topological polar surface area (TPSA) is 78.2 Å². The molecule has 1 N–H and O–H groups in total. The number of hydrogen-bond acceptors (Lipinski definition) is 4. The van der Waals surface area contributed by atoms with Crippen LogP contribution in [0.4, 0.5) is 13.2 Å². The van der Waals surface area contributed by atoms with Gasteiger partial charge in [-0.25, -0.2) is 9.48 Å². The van der Waals surface area contributed by atoms with E-state index in [1.165, 1.54) is 23.8 Å². The largest absolute Gasteiger partial charge is 0.416 e. The number of hydrogen-bond donors (Lipinski definition) is 1. The third-order valence-corrected chi connectivity index (χ3v) is 6.03. The SMILES string of the molecule is COC(C)(C)Cn1c(-c2ccc(Cl)cc2)nn(CC(=O)NC(C)(C)c2cccc(C(F)(F)F)c2)c1=O. The van der Waals surface area contributed by atoms with Crippen molar-refractivity contribution in [3.8, 4) is 11.4 Å². The minimum Gasteiger partial charge on any atom is -0.377 e. The van der Waals surface area contributed by atoms with Crippen molar-refractivity contribution in [2.24, 2.45) is 0 Å². The fraction of sp³-hybridized carbons (Fsp3) is 0.400. The molecule has 0 bridgehead atoms. The summed E-state index contributed by atoms with van der Waals surface area (Å²) >= 11 is 5.99. The Labute approximate surface area is 211 Å². The number of rotatable bonds is 8. The van der Waals surface area contributed by atoms with E-state index in [0.717, 1.165) is 16.8 Å². The maximum Gasteiger partial charge on any atom is 0.416 e. The van der Waals surface area contributed by atoms with Crippen LogP contribution in [0, 0.1) is 0 Å². The second-order valence-electron chi connectivity index (χ2n) is 9.57. The predicted octanol–water partition coefficient (Wildman–Crippen LogP) is 4.86. The molecule has 1 heterocycles. The third kappa shape index (κ3) is 6.36. The summed E-state index contributed by atoms with van der Waals surface area (Å²) in [5, 5.41) is 7.60. The molecular formula is C25H28ClF3N4O3. The van der Waals surface area contributed by atoms with E-state index in [0.29, 0.717) is 16.4 Å². The third-order valence-electron chi connectivity index (χ3n) is 5.77. The lowest BCUT2D eigenvalue weighted by Gasteiger charge is -2.27. The van der Waals surface area contributed by atoms with Crippen LogP contribution in [0.3, 0.4) is 0 Å². The maximum absolute atomic E-state index is 13.2. The van der Waals surface area contributed by atoms with Gasteiger partial charge in [-0.2, -0.15) is 13.2 Å². The zero-order valence-corrected chi connectivity index (χ0v) is 21.4. The number of alkyl halides is 3. The molecule has 0 aliphatic rings. The molecule has 3 aromatic rings. The number of nitrogens with one attached hydrogen (secondary N) is 1. The summed E-state index contributed by atoms with van der Waals surface area (Å²) in [6, 6.07) is 11.5. The normalized spacial score (nSPS) is 12.6. The first-order valence-corrected chi connectivity index (χ1v) is 11.5. The van der Waals surface area contributed by atoms with Crippen LogP contribution in [0.1, 0.15) is 38.8 Å². The van der Waals surface area contributed by atoms with E-state index in [2.05, 4.69) is 10.4 Å². The van der Waals surface area contributed by atoms with E-state index in [1.54, 1.807) is 38.1 Å². The smallest absolute Gasteiger partial charge is 0.377 e. The molecule has 36 heavy (non-hydrogen) atoms. The number of amides is 1. The Morgan fingerprint density at radius 2 is 1.67 bits per heavy atom. The van der Waals surface area contributed by atoms with Crippen LogP contribution in [0.5, 0.6) is 0 Å². The van der Waals surface area contributed by atoms with E-state index in [-0.39, 0.29) is 12.1 Å². The molecular weight excluding hydrogens is 497 g/mol. The Morgan fingerprint density at radius 3 is 2.25 bits per heavy atom. The number of nitrogens with zero attached hydrogens (tertiary/aromatic N) is 3. The van der Waals surface area contributed by atoms with Gasteiger partial charge >= 0.3 is 11.9 Å². The predicted molar refractivity (Wildman–Crippen MR) is 131 cm³/mol. The van der Waals surface area contributed by atoms with Crippen LogP contribution >= 0.6 is 11.6 Å². The average molecular weight is 525 g/mol. The summed E-state index contributed by atoms with van der Waals surface area (Å²) in [4.78, 5) is 26.1. The summed E-state index contributed by atoms with van der Waals surface area (Å²) in [7, 11) is 1.53. The van der Waals surface area contributed by atoms with E-state index in [9.17, 15) is 22.8 Å². The molecule has 0 saturated heterocycles. The number of carbonyl (C=O) groups excluding carboxylic acids is 1. The molecule has 0 aliphatic heterocycles. The van der Waals surface area contributed by atoms with Gasteiger partial charge in [0.2, 0.25) is 5.91 Å². The van der Waals surface area contributed by atoms with Crippen LogP contribution in [-0.2, 0) is 34.3 Å². The van der Waals surface area contributed by atoms with Crippen LogP contribution in [0.25, 0.3) is 11.4 Å². The van der Waals surface area contributed by atoms with Gasteiger partial charge in [-0.1, -0.05) is 23.7 Å². The summed E-state index contributed by atoms with van der Waals surface area (Å²) in [6.07, 6.45) is -4.51. The summed E-state index contributed by atoms with van der Waals surface area (Å²) in [5.41, 5.74) is -2.30. The molecule has 3 rings (SSSR count). The first kappa shape index (κ1) is 27.5. The number of benzene rings is 2. The zero-order valence-electron chi connectivity index (χ0n) is 20.6. The van der Waals surface area contributed by atoms with Gasteiger partial charge in [-0.15, -0.1) is 5.10 Å². The molecule has 194 valence electrons. The van der Waals surface area contributed by atoms with Crippen LogP contribution in [-0.4, -0.2) is 33.0 Å². The molecule has 1 amide bonds. The molecule has 11 heteroatoms. The fourth-order valence-corrected chi connectivity index (χ4v) is 3.75. The highest BCUT2D eigenvalue weighted by molar-refractivity contribution is 6.30. The maximum atomic E-state index is 13.2. The Hall–Kier alpha value is -3.11. The van der Waals surface area contributed by atoms with Crippen molar-refractivity contribution in [1.82, 2.24) is 19.7 Å². The van der Waals surface area contributed by atoms with Gasteiger partial charge in [0.25, 0.3) is 0 Å². The van der Waals surface area contributed by atoms with Crippen molar-refractivity contribution in [2.45, 2.75) is 58.1 Å². The van der Waals surface area contributed by atoms with Crippen molar-refractivity contribution in [3.63, 3.8) is 0 Å². The van der Waals surface area contributed by atoms with Gasteiger partial charge in [0.15, 0.2) is 5.82 Å². The number of carbonyl (C=O) groups is 1. The van der Waals surface area contributed by atoms with Gasteiger partial charge in [0.1, 0.15) is 6.54 Å². The minimum absolute atomic E-state index is 0.164. The number of aromatic nitrogens is 3. The summed E-state index contributed by atoms with van der Waals surface area (Å²) in [5.74, 6) is -0.260. The van der Waals surface area contributed by atoms with Crippen LogP contribution in [0.2, 0.25) is 5.02 Å². The molecule has 1 aromatic heterocycles. The van der Waals surface area contributed by atoms with E-state index in [4.69, 9.17) is 16.3 Å². The molecule has 0 radical (unpaired) electrons. The molecule has 0 unspecified atom stereocenters. The molecule has 0 spiro atoms. The molecule has 7 nitrogen and oxygen atoms in total. The average Bonchev–Trinajstić information content (AvgIpc) is 3.08. The first-order chi connectivity index (χ1) is 16.6. The Morgan fingerprint density at radius 1 is 1.06 bits per heavy atom. The van der Waals surface area contributed by atoms with Gasteiger partial charge in [-0.3, -0.25) is 9.36 Å². The molecule has 0 fully saturated rings. The van der Waals surface area contributed by atoms with Gasteiger partial charge in [0.05, 0.1) is 23.2 Å². The van der Waals surface area contributed by atoms with Crippen LogP contribution in [0.15, 0.2) is 53.3 Å². The van der Waals surface area contributed by atoms with Gasteiger partial charge < -0.3 is 10.1 Å². The summed E-state index contributed by atoms with van der Waals surface area (Å²) in [6.45, 7) is 6.53. The summed E-state index contributed by atoms with van der Waals surface area (Å²) < 4.78 is 47.3. The van der Waals surface area contributed by atoms with Crippen molar-refractivity contribution >= 4 is 17.5 Å².